The van der Waals surface area contributed by atoms with Crippen LogP contribution in [0.4, 0.5) is 0 Å². The standard InChI is InChI=1S/C11H12BrNO2/c1-15-7-11(14)9(6-13)8-4-2-3-5-10(8)12/h2-5,9,11,14H,7H2,1H3. The predicted octanol–water partition coefficient (Wildman–Crippen LogP) is 2.06. The van der Waals surface area contributed by atoms with Crippen molar-refractivity contribution in [1.29, 1.82) is 5.26 Å². The Bertz CT molecular complexity index is 362. The number of hydrogen-bond acceptors (Lipinski definition) is 3. The van der Waals surface area contributed by atoms with Gasteiger partial charge in [-0.3, -0.25) is 0 Å². The average molecular weight is 270 g/mol. The quantitative estimate of drug-likeness (QED) is 0.911. The van der Waals surface area contributed by atoms with Gasteiger partial charge in [-0.25, -0.2) is 0 Å². The van der Waals surface area contributed by atoms with Gasteiger partial charge in [-0.2, -0.15) is 5.26 Å². The number of ether oxygens (including phenoxy) is 1. The molecule has 3 nitrogen and oxygen atoms in total. The Kier molecular flexibility index (Phi) is 4.76. The van der Waals surface area contributed by atoms with Gasteiger partial charge in [0.1, 0.15) is 5.92 Å². The van der Waals surface area contributed by atoms with Gasteiger partial charge in [-0.1, -0.05) is 34.1 Å². The highest BCUT2D eigenvalue weighted by molar-refractivity contribution is 9.10. The van der Waals surface area contributed by atoms with Crippen LogP contribution in [-0.4, -0.2) is 24.9 Å². The molecule has 1 rings (SSSR count). The molecule has 2 atom stereocenters. The molecule has 0 fully saturated rings. The number of benzene rings is 1. The Hall–Kier alpha value is -0.890. The van der Waals surface area contributed by atoms with Gasteiger partial charge < -0.3 is 9.84 Å². The lowest BCUT2D eigenvalue weighted by Crippen LogP contribution is -2.22. The molecule has 0 spiro atoms. The van der Waals surface area contributed by atoms with Gasteiger partial charge in [-0.15, -0.1) is 0 Å². The number of nitriles is 1. The molecule has 0 aliphatic heterocycles. The van der Waals surface area contributed by atoms with E-state index >= 15 is 0 Å². The van der Waals surface area contributed by atoms with Crippen molar-refractivity contribution in [2.24, 2.45) is 0 Å². The highest BCUT2D eigenvalue weighted by atomic mass is 79.9. The smallest absolute Gasteiger partial charge is 0.100 e. The van der Waals surface area contributed by atoms with Gasteiger partial charge in [0.2, 0.25) is 0 Å². The number of aliphatic hydroxyl groups excluding tert-OH is 1. The van der Waals surface area contributed by atoms with Crippen molar-refractivity contribution < 1.29 is 9.84 Å². The third kappa shape index (κ3) is 3.03. The molecule has 1 aromatic carbocycles. The summed E-state index contributed by atoms with van der Waals surface area (Å²) >= 11 is 3.35. The van der Waals surface area contributed by atoms with E-state index in [0.29, 0.717) is 0 Å². The first kappa shape index (κ1) is 12.2. The Balaban J connectivity index is 2.94. The van der Waals surface area contributed by atoms with E-state index in [9.17, 15) is 5.11 Å². The zero-order chi connectivity index (χ0) is 11.3. The Morgan fingerprint density at radius 1 is 1.53 bits per heavy atom. The summed E-state index contributed by atoms with van der Waals surface area (Å²) in [5.41, 5.74) is 0.782. The molecule has 0 aliphatic carbocycles. The summed E-state index contributed by atoms with van der Waals surface area (Å²) in [4.78, 5) is 0. The van der Waals surface area contributed by atoms with Crippen LogP contribution in [0.15, 0.2) is 28.7 Å². The number of aliphatic hydroxyl groups is 1. The molecule has 1 N–H and O–H groups in total. The van der Waals surface area contributed by atoms with Crippen molar-refractivity contribution in [2.75, 3.05) is 13.7 Å². The van der Waals surface area contributed by atoms with Gasteiger partial charge in [0.05, 0.1) is 18.8 Å². The van der Waals surface area contributed by atoms with E-state index in [0.717, 1.165) is 10.0 Å². The maximum Gasteiger partial charge on any atom is 0.100 e. The lowest BCUT2D eigenvalue weighted by molar-refractivity contribution is 0.0570. The summed E-state index contributed by atoms with van der Waals surface area (Å²) in [6.45, 7) is 0.152. The molecule has 1 aromatic rings. The Labute approximate surface area is 97.4 Å². The van der Waals surface area contributed by atoms with E-state index in [1.807, 2.05) is 24.3 Å². The maximum atomic E-state index is 9.72. The van der Waals surface area contributed by atoms with Gasteiger partial charge in [0.25, 0.3) is 0 Å². The van der Waals surface area contributed by atoms with Crippen molar-refractivity contribution in [2.45, 2.75) is 12.0 Å². The number of hydrogen-bond donors (Lipinski definition) is 1. The average Bonchev–Trinajstić information content (AvgIpc) is 2.22. The van der Waals surface area contributed by atoms with Crippen molar-refractivity contribution in [3.05, 3.63) is 34.3 Å². The first-order valence-corrected chi connectivity index (χ1v) is 5.31. The van der Waals surface area contributed by atoms with Crippen LogP contribution in [0.2, 0.25) is 0 Å². The Morgan fingerprint density at radius 2 is 2.20 bits per heavy atom. The van der Waals surface area contributed by atoms with E-state index in [1.165, 1.54) is 7.11 Å². The molecule has 80 valence electrons. The van der Waals surface area contributed by atoms with Crippen LogP contribution in [0.5, 0.6) is 0 Å². The molecule has 0 heterocycles. The molecular formula is C11H12BrNO2. The fourth-order valence-electron chi connectivity index (χ4n) is 1.36. The third-order valence-corrected chi connectivity index (χ3v) is 2.82. The molecule has 0 amide bonds. The zero-order valence-electron chi connectivity index (χ0n) is 8.35. The van der Waals surface area contributed by atoms with E-state index in [-0.39, 0.29) is 6.61 Å². The number of rotatable bonds is 4. The maximum absolute atomic E-state index is 9.72. The van der Waals surface area contributed by atoms with Gasteiger partial charge in [-0.05, 0) is 11.6 Å². The predicted molar refractivity (Wildman–Crippen MR) is 60.4 cm³/mol. The van der Waals surface area contributed by atoms with Gasteiger partial charge in [0.15, 0.2) is 0 Å². The zero-order valence-corrected chi connectivity index (χ0v) is 9.94. The van der Waals surface area contributed by atoms with Crippen LogP contribution in [0.3, 0.4) is 0 Å². The van der Waals surface area contributed by atoms with Gasteiger partial charge in [0, 0.05) is 11.6 Å². The van der Waals surface area contributed by atoms with E-state index in [2.05, 4.69) is 22.0 Å². The minimum atomic E-state index is -0.807. The number of nitrogens with zero attached hydrogens (tertiary/aromatic N) is 1. The second-order valence-electron chi connectivity index (χ2n) is 3.15. The van der Waals surface area contributed by atoms with Crippen LogP contribution in [-0.2, 0) is 4.74 Å². The monoisotopic (exact) mass is 269 g/mol. The first-order valence-electron chi connectivity index (χ1n) is 4.51. The van der Waals surface area contributed by atoms with Crippen LogP contribution in [0.25, 0.3) is 0 Å². The van der Waals surface area contributed by atoms with Crippen molar-refractivity contribution >= 4 is 15.9 Å². The second-order valence-corrected chi connectivity index (χ2v) is 4.01. The molecule has 0 aliphatic rings. The topological polar surface area (TPSA) is 53.2 Å². The molecule has 0 bridgehead atoms. The van der Waals surface area contributed by atoms with Gasteiger partial charge >= 0.3 is 0 Å². The fourth-order valence-corrected chi connectivity index (χ4v) is 1.89. The van der Waals surface area contributed by atoms with E-state index < -0.39 is 12.0 Å². The molecule has 0 saturated heterocycles. The normalized spacial score (nSPS) is 14.3. The van der Waals surface area contributed by atoms with Crippen LogP contribution >= 0.6 is 15.9 Å². The second kappa shape index (κ2) is 5.86. The van der Waals surface area contributed by atoms with E-state index in [4.69, 9.17) is 10.00 Å². The first-order chi connectivity index (χ1) is 7.20. The molecule has 0 saturated carbocycles. The largest absolute Gasteiger partial charge is 0.389 e. The summed E-state index contributed by atoms with van der Waals surface area (Å²) in [5.74, 6) is -0.569. The highest BCUT2D eigenvalue weighted by Crippen LogP contribution is 2.26. The van der Waals surface area contributed by atoms with Crippen LogP contribution in [0, 0.1) is 11.3 Å². The molecule has 15 heavy (non-hydrogen) atoms. The van der Waals surface area contributed by atoms with Crippen LogP contribution < -0.4 is 0 Å². The SMILES string of the molecule is COCC(O)C(C#N)c1ccccc1Br. The number of halogens is 1. The molecular weight excluding hydrogens is 258 g/mol. The van der Waals surface area contributed by atoms with Crippen molar-refractivity contribution in [3.63, 3.8) is 0 Å². The number of methoxy groups -OCH3 is 1. The molecule has 4 heteroatoms. The summed E-state index contributed by atoms with van der Waals surface area (Å²) in [6.07, 6.45) is -0.807. The third-order valence-electron chi connectivity index (χ3n) is 2.10. The van der Waals surface area contributed by atoms with Crippen molar-refractivity contribution in [3.8, 4) is 6.07 Å². The van der Waals surface area contributed by atoms with Crippen molar-refractivity contribution in [1.82, 2.24) is 0 Å². The fraction of sp³-hybridized carbons (Fsp3) is 0.364. The molecule has 2 unspecified atom stereocenters. The Morgan fingerprint density at radius 3 is 2.73 bits per heavy atom. The van der Waals surface area contributed by atoms with E-state index in [1.54, 1.807) is 0 Å². The lowest BCUT2D eigenvalue weighted by atomic mass is 9.95. The summed E-state index contributed by atoms with van der Waals surface area (Å²) in [7, 11) is 1.50. The minimum absolute atomic E-state index is 0.152. The minimum Gasteiger partial charge on any atom is -0.389 e. The molecule has 0 radical (unpaired) electrons. The summed E-state index contributed by atoms with van der Waals surface area (Å²) in [6, 6.07) is 9.45. The summed E-state index contributed by atoms with van der Waals surface area (Å²) in [5, 5.41) is 18.7. The summed E-state index contributed by atoms with van der Waals surface area (Å²) < 4.78 is 5.66. The van der Waals surface area contributed by atoms with Crippen LogP contribution in [0.1, 0.15) is 11.5 Å². The highest BCUT2D eigenvalue weighted by Gasteiger charge is 2.22. The molecule has 0 aromatic heterocycles. The lowest BCUT2D eigenvalue weighted by Gasteiger charge is -2.17.